The van der Waals surface area contributed by atoms with Crippen molar-refractivity contribution in [1.82, 2.24) is 10.5 Å². The number of rotatable bonds is 4. The molecule has 1 amide bonds. The number of benzene rings is 1. The minimum Gasteiger partial charge on any atom is -0.361 e. The highest BCUT2D eigenvalue weighted by molar-refractivity contribution is 5.78. The predicted octanol–water partition coefficient (Wildman–Crippen LogP) is 1.98. The van der Waals surface area contributed by atoms with Crippen molar-refractivity contribution < 1.29 is 13.7 Å². The number of nitrogens with one attached hydrogen (secondary N) is 1. The Kier molecular flexibility index (Phi) is 3.72. The first-order valence-corrected chi connectivity index (χ1v) is 5.57. The molecule has 0 aliphatic heterocycles. The number of hydrogen-bond acceptors (Lipinski definition) is 3. The van der Waals surface area contributed by atoms with E-state index in [4.69, 9.17) is 4.52 Å². The lowest BCUT2D eigenvalue weighted by atomic mass is 10.1. The average molecular weight is 248 g/mol. The fourth-order valence-electron chi connectivity index (χ4n) is 1.59. The summed E-state index contributed by atoms with van der Waals surface area (Å²) in [5.41, 5.74) is 1.31. The van der Waals surface area contributed by atoms with Gasteiger partial charge in [-0.2, -0.15) is 0 Å². The van der Waals surface area contributed by atoms with E-state index < -0.39 is 0 Å². The summed E-state index contributed by atoms with van der Waals surface area (Å²) in [5, 5.41) is 6.46. The van der Waals surface area contributed by atoms with E-state index in [0.717, 1.165) is 0 Å². The van der Waals surface area contributed by atoms with Crippen LogP contribution in [-0.2, 0) is 17.8 Å². The minimum absolute atomic E-state index is 0.147. The SMILES string of the molecule is Cc1cc(CNC(=O)Cc2cccc(F)c2)no1. The molecule has 0 atom stereocenters. The topological polar surface area (TPSA) is 55.1 Å². The van der Waals surface area contributed by atoms with Crippen LogP contribution in [0.25, 0.3) is 0 Å². The molecule has 1 N–H and O–H groups in total. The molecular weight excluding hydrogens is 235 g/mol. The molecule has 0 saturated heterocycles. The van der Waals surface area contributed by atoms with Crippen molar-refractivity contribution in [3.63, 3.8) is 0 Å². The normalized spacial score (nSPS) is 10.3. The lowest BCUT2D eigenvalue weighted by molar-refractivity contribution is -0.120. The summed E-state index contributed by atoms with van der Waals surface area (Å²) in [6.45, 7) is 2.09. The smallest absolute Gasteiger partial charge is 0.224 e. The number of nitrogens with zero attached hydrogens (tertiary/aromatic N) is 1. The van der Waals surface area contributed by atoms with Crippen LogP contribution in [-0.4, -0.2) is 11.1 Å². The highest BCUT2D eigenvalue weighted by Crippen LogP contribution is 2.05. The van der Waals surface area contributed by atoms with Gasteiger partial charge in [0.25, 0.3) is 0 Å². The zero-order valence-electron chi connectivity index (χ0n) is 9.94. The number of carbonyl (C=O) groups excluding carboxylic acids is 1. The Morgan fingerprint density at radius 1 is 1.44 bits per heavy atom. The molecule has 94 valence electrons. The van der Waals surface area contributed by atoms with Crippen molar-refractivity contribution in [1.29, 1.82) is 0 Å². The zero-order chi connectivity index (χ0) is 13.0. The van der Waals surface area contributed by atoms with E-state index in [1.165, 1.54) is 12.1 Å². The van der Waals surface area contributed by atoms with E-state index in [0.29, 0.717) is 23.6 Å². The second-order valence-corrected chi connectivity index (χ2v) is 4.01. The Bertz CT molecular complexity index is 551. The van der Waals surface area contributed by atoms with Crippen LogP contribution >= 0.6 is 0 Å². The van der Waals surface area contributed by atoms with Crippen LogP contribution in [0.2, 0.25) is 0 Å². The second-order valence-electron chi connectivity index (χ2n) is 4.01. The van der Waals surface area contributed by atoms with Crippen LogP contribution in [0.3, 0.4) is 0 Å². The molecule has 1 aromatic carbocycles. The molecule has 0 unspecified atom stereocenters. The molecule has 0 radical (unpaired) electrons. The van der Waals surface area contributed by atoms with Crippen LogP contribution in [0.1, 0.15) is 17.0 Å². The third kappa shape index (κ3) is 3.41. The Morgan fingerprint density at radius 3 is 2.94 bits per heavy atom. The molecule has 4 nitrogen and oxygen atoms in total. The van der Waals surface area contributed by atoms with E-state index in [1.807, 2.05) is 0 Å². The first-order valence-electron chi connectivity index (χ1n) is 5.57. The van der Waals surface area contributed by atoms with E-state index in [-0.39, 0.29) is 18.1 Å². The van der Waals surface area contributed by atoms with Gasteiger partial charge in [0.1, 0.15) is 17.3 Å². The summed E-state index contributed by atoms with van der Waals surface area (Å²) in [4.78, 5) is 11.6. The Morgan fingerprint density at radius 2 is 2.28 bits per heavy atom. The van der Waals surface area contributed by atoms with Crippen molar-refractivity contribution in [3.05, 3.63) is 53.2 Å². The summed E-state index contributed by atoms with van der Waals surface area (Å²) in [6.07, 6.45) is 0.147. The highest BCUT2D eigenvalue weighted by atomic mass is 19.1. The average Bonchev–Trinajstić information content (AvgIpc) is 2.73. The molecule has 0 bridgehead atoms. The molecule has 18 heavy (non-hydrogen) atoms. The van der Waals surface area contributed by atoms with Gasteiger partial charge in [0.05, 0.1) is 13.0 Å². The van der Waals surface area contributed by atoms with Crippen LogP contribution < -0.4 is 5.32 Å². The molecule has 1 aromatic heterocycles. The number of aryl methyl sites for hydroxylation is 1. The van der Waals surface area contributed by atoms with Gasteiger partial charge in [-0.05, 0) is 24.6 Å². The third-order valence-corrected chi connectivity index (χ3v) is 2.40. The van der Waals surface area contributed by atoms with Crippen molar-refractivity contribution >= 4 is 5.91 Å². The van der Waals surface area contributed by atoms with Crippen molar-refractivity contribution in [2.24, 2.45) is 0 Å². The largest absolute Gasteiger partial charge is 0.361 e. The lowest BCUT2D eigenvalue weighted by Gasteiger charge is -2.03. The van der Waals surface area contributed by atoms with Crippen molar-refractivity contribution in [2.75, 3.05) is 0 Å². The summed E-state index contributed by atoms with van der Waals surface area (Å²) in [5.74, 6) is 0.179. The number of hydrogen-bond donors (Lipinski definition) is 1. The van der Waals surface area contributed by atoms with Crippen molar-refractivity contribution in [2.45, 2.75) is 19.9 Å². The summed E-state index contributed by atoms with van der Waals surface area (Å²) < 4.78 is 17.8. The molecular formula is C13H13FN2O2. The number of amides is 1. The highest BCUT2D eigenvalue weighted by Gasteiger charge is 2.06. The maximum Gasteiger partial charge on any atom is 0.224 e. The van der Waals surface area contributed by atoms with Crippen molar-refractivity contribution in [3.8, 4) is 0 Å². The number of halogens is 1. The van der Waals surface area contributed by atoms with E-state index >= 15 is 0 Å². The molecule has 0 aliphatic carbocycles. The Balaban J connectivity index is 1.85. The zero-order valence-corrected chi connectivity index (χ0v) is 9.94. The molecule has 5 heteroatoms. The third-order valence-electron chi connectivity index (χ3n) is 2.40. The second kappa shape index (κ2) is 5.44. The van der Waals surface area contributed by atoms with Gasteiger partial charge in [-0.25, -0.2) is 4.39 Å². The van der Waals surface area contributed by atoms with E-state index in [1.54, 1.807) is 25.1 Å². The molecule has 2 aromatic rings. The van der Waals surface area contributed by atoms with Gasteiger partial charge >= 0.3 is 0 Å². The van der Waals surface area contributed by atoms with E-state index in [2.05, 4.69) is 10.5 Å². The fourth-order valence-corrected chi connectivity index (χ4v) is 1.59. The van der Waals surface area contributed by atoms with Gasteiger partial charge in [-0.3, -0.25) is 4.79 Å². The molecule has 0 saturated carbocycles. The molecule has 0 fully saturated rings. The first kappa shape index (κ1) is 12.3. The summed E-state index contributed by atoms with van der Waals surface area (Å²) in [6, 6.07) is 7.74. The fraction of sp³-hybridized carbons (Fsp3) is 0.231. The maximum absolute atomic E-state index is 12.9. The number of carbonyl (C=O) groups is 1. The quantitative estimate of drug-likeness (QED) is 0.900. The lowest BCUT2D eigenvalue weighted by Crippen LogP contribution is -2.24. The predicted molar refractivity (Wildman–Crippen MR) is 63.2 cm³/mol. The van der Waals surface area contributed by atoms with E-state index in [9.17, 15) is 9.18 Å². The van der Waals surface area contributed by atoms with Crippen LogP contribution in [0.15, 0.2) is 34.9 Å². The van der Waals surface area contributed by atoms with Gasteiger partial charge in [-0.1, -0.05) is 17.3 Å². The Labute approximate surface area is 104 Å². The first-order chi connectivity index (χ1) is 8.63. The molecule has 0 aliphatic rings. The molecule has 1 heterocycles. The van der Waals surface area contributed by atoms with Gasteiger partial charge < -0.3 is 9.84 Å². The van der Waals surface area contributed by atoms with Crippen LogP contribution in [0.5, 0.6) is 0 Å². The van der Waals surface area contributed by atoms with Gasteiger partial charge in [0.2, 0.25) is 5.91 Å². The van der Waals surface area contributed by atoms with Crippen LogP contribution in [0, 0.1) is 12.7 Å². The van der Waals surface area contributed by atoms with Crippen LogP contribution in [0.4, 0.5) is 4.39 Å². The minimum atomic E-state index is -0.340. The molecule has 0 spiro atoms. The summed E-state index contributed by atoms with van der Waals surface area (Å²) >= 11 is 0. The Hall–Kier alpha value is -2.17. The summed E-state index contributed by atoms with van der Waals surface area (Å²) in [7, 11) is 0. The maximum atomic E-state index is 12.9. The standard InChI is InChI=1S/C13H13FN2O2/c1-9-5-12(16-18-9)8-15-13(17)7-10-3-2-4-11(14)6-10/h2-6H,7-8H2,1H3,(H,15,17). The molecule has 2 rings (SSSR count). The van der Waals surface area contributed by atoms with Gasteiger partial charge in [0.15, 0.2) is 0 Å². The van der Waals surface area contributed by atoms with Gasteiger partial charge in [0, 0.05) is 6.07 Å². The van der Waals surface area contributed by atoms with Gasteiger partial charge in [-0.15, -0.1) is 0 Å². The number of aromatic nitrogens is 1. The monoisotopic (exact) mass is 248 g/mol.